The molecule has 8 nitrogen and oxygen atoms in total. The van der Waals surface area contributed by atoms with E-state index >= 15 is 0 Å². The number of fused-ring (bicyclic) bond motifs is 12. The minimum Gasteiger partial charge on any atom is -0.495 e. The van der Waals surface area contributed by atoms with Crippen LogP contribution in [0.5, 0.6) is 23.0 Å². The van der Waals surface area contributed by atoms with Gasteiger partial charge in [-0.1, -0.05) is 12.1 Å². The molecule has 0 saturated heterocycles. The number of methoxy groups -OCH3 is 2. The number of rotatable bonds is 2. The van der Waals surface area contributed by atoms with Gasteiger partial charge in [-0.25, -0.2) is 0 Å². The van der Waals surface area contributed by atoms with E-state index in [-0.39, 0.29) is 28.9 Å². The standard InChI is InChI=1S/C32H34N2O6/c1-31(2)24-18(22-27(39-31)16-10-8-12-20(37-6)25(16)33(4)29(22)35)14-32(3)15-19(24)23-28(40-32)17-11-9-13-21(38-7)26(17)34(5)30(23)36/h8-13,18-19,24H,14-15H2,1-7H3/t18-,19+,24+,32+/m1/s1. The van der Waals surface area contributed by atoms with E-state index in [9.17, 15) is 9.59 Å². The van der Waals surface area contributed by atoms with Crippen LogP contribution in [0.4, 0.5) is 0 Å². The third kappa shape index (κ3) is 3.07. The van der Waals surface area contributed by atoms with Gasteiger partial charge < -0.3 is 28.1 Å². The molecule has 208 valence electrons. The molecular formula is C32H34N2O6. The summed E-state index contributed by atoms with van der Waals surface area (Å²) in [6.07, 6.45) is 1.31. The van der Waals surface area contributed by atoms with Gasteiger partial charge in [-0.2, -0.15) is 0 Å². The van der Waals surface area contributed by atoms with Crippen molar-refractivity contribution in [3.8, 4) is 23.0 Å². The van der Waals surface area contributed by atoms with Gasteiger partial charge in [0, 0.05) is 42.6 Å². The second kappa shape index (κ2) is 8.05. The minimum absolute atomic E-state index is 0.0996. The second-order valence-corrected chi connectivity index (χ2v) is 12.3. The molecule has 2 aliphatic heterocycles. The second-order valence-electron chi connectivity index (χ2n) is 12.3. The average molecular weight is 543 g/mol. The Kier molecular flexibility index (Phi) is 5.05. The molecule has 4 aromatic rings. The minimum atomic E-state index is -0.658. The van der Waals surface area contributed by atoms with E-state index in [4.69, 9.17) is 18.9 Å². The van der Waals surface area contributed by atoms with Gasteiger partial charge >= 0.3 is 0 Å². The van der Waals surface area contributed by atoms with Crippen LogP contribution in [-0.4, -0.2) is 34.6 Å². The van der Waals surface area contributed by atoms with E-state index in [0.29, 0.717) is 58.0 Å². The Bertz CT molecular complexity index is 1760. The lowest BCUT2D eigenvalue weighted by molar-refractivity contribution is -0.0798. The van der Waals surface area contributed by atoms with Crippen molar-refractivity contribution >= 4 is 21.8 Å². The zero-order valence-corrected chi connectivity index (χ0v) is 24.0. The Hall–Kier alpha value is -3.94. The molecule has 7 rings (SSSR count). The number of hydrogen-bond donors (Lipinski definition) is 0. The van der Waals surface area contributed by atoms with Crippen LogP contribution < -0.4 is 30.1 Å². The number of nitrogens with zero attached hydrogens (tertiary/aromatic N) is 2. The van der Waals surface area contributed by atoms with Crippen molar-refractivity contribution in [1.82, 2.24) is 9.13 Å². The summed E-state index contributed by atoms with van der Waals surface area (Å²) in [5.41, 5.74) is 1.32. The first-order chi connectivity index (χ1) is 19.0. The molecule has 0 unspecified atom stereocenters. The van der Waals surface area contributed by atoms with Crippen molar-refractivity contribution in [3.05, 3.63) is 68.2 Å². The highest BCUT2D eigenvalue weighted by atomic mass is 16.5. The van der Waals surface area contributed by atoms with Crippen molar-refractivity contribution < 1.29 is 18.9 Å². The summed E-state index contributed by atoms with van der Waals surface area (Å²) >= 11 is 0. The molecule has 0 amide bonds. The third-order valence-electron chi connectivity index (χ3n) is 9.59. The van der Waals surface area contributed by atoms with Gasteiger partial charge in [0.1, 0.15) is 34.2 Å². The largest absolute Gasteiger partial charge is 0.495 e. The molecule has 2 aromatic carbocycles. The Morgan fingerprint density at radius 1 is 0.750 bits per heavy atom. The molecule has 0 N–H and O–H groups in total. The lowest BCUT2D eigenvalue weighted by Crippen LogP contribution is -2.58. The van der Waals surface area contributed by atoms with Gasteiger partial charge in [0.15, 0.2) is 0 Å². The molecule has 0 radical (unpaired) electrons. The van der Waals surface area contributed by atoms with Gasteiger partial charge in [-0.3, -0.25) is 9.59 Å². The molecular weight excluding hydrogens is 508 g/mol. The van der Waals surface area contributed by atoms with Gasteiger partial charge in [-0.05, 0) is 57.9 Å². The number of aromatic nitrogens is 2. The van der Waals surface area contributed by atoms with Crippen LogP contribution in [0.25, 0.3) is 21.8 Å². The summed E-state index contributed by atoms with van der Waals surface area (Å²) in [5, 5.41) is 1.70. The van der Waals surface area contributed by atoms with E-state index in [1.54, 1.807) is 37.4 Å². The Morgan fingerprint density at radius 2 is 1.20 bits per heavy atom. The predicted octanol–water partition coefficient (Wildman–Crippen LogP) is 5.01. The number of ether oxygens (including phenoxy) is 4. The molecule has 2 bridgehead atoms. The smallest absolute Gasteiger partial charge is 0.258 e. The van der Waals surface area contributed by atoms with Crippen molar-refractivity contribution in [2.75, 3.05) is 14.2 Å². The van der Waals surface area contributed by atoms with Crippen LogP contribution in [-0.2, 0) is 14.1 Å². The summed E-state index contributed by atoms with van der Waals surface area (Å²) in [6.45, 7) is 6.28. The maximum absolute atomic E-state index is 14.1. The first-order valence-corrected chi connectivity index (χ1v) is 13.8. The summed E-state index contributed by atoms with van der Waals surface area (Å²) in [6, 6.07) is 11.5. The van der Waals surface area contributed by atoms with Gasteiger partial charge in [0.2, 0.25) is 0 Å². The summed E-state index contributed by atoms with van der Waals surface area (Å²) in [4.78, 5) is 28.2. The van der Waals surface area contributed by atoms with E-state index in [2.05, 4.69) is 20.8 Å². The topological polar surface area (TPSA) is 80.9 Å². The zero-order chi connectivity index (χ0) is 28.3. The van der Waals surface area contributed by atoms with E-state index in [1.165, 1.54) is 0 Å². The van der Waals surface area contributed by atoms with Crippen LogP contribution in [0.3, 0.4) is 0 Å². The fraction of sp³-hybridized carbons (Fsp3) is 0.438. The van der Waals surface area contributed by atoms with Gasteiger partial charge in [-0.15, -0.1) is 0 Å². The van der Waals surface area contributed by atoms with Crippen molar-refractivity contribution in [1.29, 1.82) is 0 Å². The Morgan fingerprint density at radius 3 is 1.65 bits per heavy atom. The maximum atomic E-state index is 14.1. The molecule has 3 aliphatic rings. The highest BCUT2D eigenvalue weighted by Crippen LogP contribution is 2.62. The van der Waals surface area contributed by atoms with Crippen LogP contribution in [0.1, 0.15) is 56.6 Å². The maximum Gasteiger partial charge on any atom is 0.258 e. The monoisotopic (exact) mass is 542 g/mol. The average Bonchev–Trinajstić information content (AvgIpc) is 2.92. The van der Waals surface area contributed by atoms with Crippen molar-refractivity contribution in [3.63, 3.8) is 0 Å². The third-order valence-corrected chi connectivity index (χ3v) is 9.59. The van der Waals surface area contributed by atoms with Crippen LogP contribution in [0.15, 0.2) is 46.0 Å². The molecule has 2 aromatic heterocycles. The van der Waals surface area contributed by atoms with E-state index in [0.717, 1.165) is 10.8 Å². The highest BCUT2D eigenvalue weighted by Gasteiger charge is 2.59. The lowest BCUT2D eigenvalue weighted by Gasteiger charge is -2.57. The number of benzene rings is 2. The number of hydrogen-bond acceptors (Lipinski definition) is 6. The predicted molar refractivity (Wildman–Crippen MR) is 153 cm³/mol. The van der Waals surface area contributed by atoms with Crippen LogP contribution in [0, 0.1) is 5.92 Å². The number of para-hydroxylation sites is 2. The molecule has 40 heavy (non-hydrogen) atoms. The Balaban J connectivity index is 1.52. The molecule has 1 fully saturated rings. The molecule has 4 atom stereocenters. The van der Waals surface area contributed by atoms with Gasteiger partial charge in [0.05, 0.1) is 36.4 Å². The van der Waals surface area contributed by atoms with Crippen LogP contribution in [0.2, 0.25) is 0 Å². The quantitative estimate of drug-likeness (QED) is 0.354. The molecule has 1 saturated carbocycles. The highest BCUT2D eigenvalue weighted by molar-refractivity contribution is 5.93. The fourth-order valence-electron chi connectivity index (χ4n) is 8.10. The fourth-order valence-corrected chi connectivity index (χ4v) is 8.10. The molecule has 4 heterocycles. The lowest BCUT2D eigenvalue weighted by atomic mass is 9.56. The Labute approximate surface area is 232 Å². The number of aryl methyl sites for hydroxylation is 2. The first-order valence-electron chi connectivity index (χ1n) is 13.8. The van der Waals surface area contributed by atoms with E-state index < -0.39 is 11.2 Å². The molecule has 1 aliphatic carbocycles. The normalized spacial score (nSPS) is 25.8. The summed E-state index contributed by atoms with van der Waals surface area (Å²) < 4.78 is 28.3. The SMILES string of the molecule is COc1cccc2c3c(c(=O)n(C)c12)[C@H]1C[C@@]2(C)C[C@@H](c4c(c5cccc(OC)c5n(C)c4=O)O2)[C@H]1C(C)(C)O3. The summed E-state index contributed by atoms with van der Waals surface area (Å²) in [5.74, 6) is 2.08. The first kappa shape index (κ1) is 25.1. The van der Waals surface area contributed by atoms with Crippen molar-refractivity contribution in [2.45, 2.75) is 56.7 Å². The van der Waals surface area contributed by atoms with Crippen LogP contribution >= 0.6 is 0 Å². The van der Waals surface area contributed by atoms with Gasteiger partial charge in [0.25, 0.3) is 11.1 Å². The van der Waals surface area contributed by atoms with Crippen molar-refractivity contribution in [2.24, 2.45) is 20.0 Å². The van der Waals surface area contributed by atoms with E-state index in [1.807, 2.05) is 36.4 Å². The molecule has 0 spiro atoms. The summed E-state index contributed by atoms with van der Waals surface area (Å²) in [7, 11) is 6.79. The number of pyridine rings is 2. The molecule has 8 heteroatoms. The zero-order valence-electron chi connectivity index (χ0n) is 24.0.